The quantitative estimate of drug-likeness (QED) is 0.357. The number of aryl methyl sites for hydroxylation is 1. The van der Waals surface area contributed by atoms with Crippen molar-refractivity contribution < 1.29 is 18.0 Å². The van der Waals surface area contributed by atoms with Gasteiger partial charge in [-0.25, -0.2) is 4.98 Å². The number of hydrogen-bond donors (Lipinski definition) is 2. The highest BCUT2D eigenvalue weighted by molar-refractivity contribution is 5.95. The number of hydrogen-bond acceptors (Lipinski definition) is 5. The van der Waals surface area contributed by atoms with E-state index in [2.05, 4.69) is 20.5 Å². The van der Waals surface area contributed by atoms with E-state index in [0.717, 1.165) is 24.0 Å². The molecule has 0 bridgehead atoms. The van der Waals surface area contributed by atoms with Gasteiger partial charge in [0.15, 0.2) is 5.82 Å². The topological polar surface area (TPSA) is 79.3 Å². The lowest BCUT2D eigenvalue weighted by Gasteiger charge is -2.36. The van der Waals surface area contributed by atoms with Gasteiger partial charge in [-0.15, -0.1) is 0 Å². The van der Waals surface area contributed by atoms with Crippen molar-refractivity contribution in [3.8, 4) is 5.69 Å². The Morgan fingerprint density at radius 2 is 1.78 bits per heavy atom. The van der Waals surface area contributed by atoms with Crippen LogP contribution in [0.3, 0.4) is 0 Å². The zero-order valence-electron chi connectivity index (χ0n) is 23.3. The molecule has 2 N–H and O–H groups in total. The van der Waals surface area contributed by atoms with E-state index >= 15 is 0 Å². The molecule has 2 fully saturated rings. The number of aromatic nitrogens is 2. The van der Waals surface area contributed by atoms with Crippen LogP contribution in [0.25, 0.3) is 5.69 Å². The van der Waals surface area contributed by atoms with Gasteiger partial charge < -0.3 is 15.5 Å². The molecule has 1 amide bonds. The van der Waals surface area contributed by atoms with Crippen molar-refractivity contribution in [2.75, 3.05) is 25.0 Å². The molecule has 2 heterocycles. The average molecular weight is 568 g/mol. The van der Waals surface area contributed by atoms with Gasteiger partial charge in [0.25, 0.3) is 11.5 Å². The lowest BCUT2D eigenvalue weighted by atomic mass is 9.91. The number of halogens is 3. The van der Waals surface area contributed by atoms with Crippen LogP contribution in [-0.4, -0.2) is 52.2 Å². The number of rotatable bonds is 9. The van der Waals surface area contributed by atoms with E-state index < -0.39 is 12.1 Å². The molecule has 2 atom stereocenters. The first kappa shape index (κ1) is 28.9. The van der Waals surface area contributed by atoms with Crippen LogP contribution >= 0.6 is 0 Å². The molecule has 1 saturated carbocycles. The first-order valence-corrected chi connectivity index (χ1v) is 14.2. The highest BCUT2D eigenvalue weighted by Crippen LogP contribution is 2.35. The molecule has 5 rings (SSSR count). The number of benzene rings is 2. The Labute approximate surface area is 237 Å². The van der Waals surface area contributed by atoms with Crippen molar-refractivity contribution in [3.05, 3.63) is 88.0 Å². The molecule has 1 aliphatic carbocycles. The molecule has 1 aromatic heterocycles. The summed E-state index contributed by atoms with van der Waals surface area (Å²) in [6.45, 7) is 5.27. The molecular formula is C31H36F3N5O2. The summed E-state index contributed by atoms with van der Waals surface area (Å²) in [5.41, 5.74) is 2.52. The van der Waals surface area contributed by atoms with Crippen LogP contribution in [0, 0.1) is 18.8 Å². The summed E-state index contributed by atoms with van der Waals surface area (Å²) in [6.07, 6.45) is 1.15. The molecule has 2 aromatic carbocycles. The predicted molar refractivity (Wildman–Crippen MR) is 152 cm³/mol. The number of alkyl halides is 3. The van der Waals surface area contributed by atoms with Crippen LogP contribution in [0.2, 0.25) is 0 Å². The molecule has 1 saturated heterocycles. The van der Waals surface area contributed by atoms with Gasteiger partial charge in [-0.1, -0.05) is 43.3 Å². The molecule has 7 nitrogen and oxygen atoms in total. The maximum atomic E-state index is 13.7. The van der Waals surface area contributed by atoms with Crippen molar-refractivity contribution >= 4 is 11.7 Å². The van der Waals surface area contributed by atoms with Crippen LogP contribution in [-0.2, 0) is 0 Å². The van der Waals surface area contributed by atoms with E-state index in [-0.39, 0.29) is 48.1 Å². The Bertz CT molecular complexity index is 1410. The van der Waals surface area contributed by atoms with Gasteiger partial charge in [-0.05, 0) is 74.9 Å². The number of carbonyl (C=O) groups excluding carboxylic acids is 1. The van der Waals surface area contributed by atoms with Crippen LogP contribution < -0.4 is 16.2 Å². The van der Waals surface area contributed by atoms with Gasteiger partial charge in [-0.3, -0.25) is 14.2 Å². The smallest absolute Gasteiger partial charge is 0.358 e. The van der Waals surface area contributed by atoms with Gasteiger partial charge in [0, 0.05) is 30.5 Å². The third-order valence-electron chi connectivity index (χ3n) is 8.10. The van der Waals surface area contributed by atoms with E-state index in [1.165, 1.54) is 4.57 Å². The summed E-state index contributed by atoms with van der Waals surface area (Å²) in [7, 11) is 0. The standard InChI is InChI=1S/C31H36F3N5O2/c1-20-8-9-23(29(40)36-25-10-11-25)18-26(20)39-17-14-35-28(30(39)41)37-27(22-6-4-3-5-7-22)21(2)19-38-15-12-24(13-16-38)31(32,33)34/h3-9,14,17-18,21,24-25,27H,10-13,15-16,19H2,1-2H3,(H,35,37)(H,36,40)/t21-,27+/m0/s1. The predicted octanol–water partition coefficient (Wildman–Crippen LogP) is 5.50. The number of amides is 1. The van der Waals surface area contributed by atoms with E-state index in [1.54, 1.807) is 24.5 Å². The normalized spacial score (nSPS) is 18.1. The van der Waals surface area contributed by atoms with E-state index in [9.17, 15) is 22.8 Å². The lowest BCUT2D eigenvalue weighted by Crippen LogP contribution is -2.42. The molecule has 10 heteroatoms. The van der Waals surface area contributed by atoms with Gasteiger partial charge in [0.1, 0.15) is 0 Å². The Morgan fingerprint density at radius 1 is 1.07 bits per heavy atom. The van der Waals surface area contributed by atoms with Crippen molar-refractivity contribution in [3.63, 3.8) is 0 Å². The van der Waals surface area contributed by atoms with Crippen molar-refractivity contribution in [2.24, 2.45) is 11.8 Å². The van der Waals surface area contributed by atoms with Gasteiger partial charge in [-0.2, -0.15) is 13.2 Å². The van der Waals surface area contributed by atoms with Crippen LogP contribution in [0.4, 0.5) is 19.0 Å². The first-order chi connectivity index (χ1) is 19.6. The maximum absolute atomic E-state index is 13.7. The highest BCUT2D eigenvalue weighted by Gasteiger charge is 2.41. The minimum Gasteiger partial charge on any atom is -0.358 e. The maximum Gasteiger partial charge on any atom is 0.391 e. The minimum atomic E-state index is -4.15. The van der Waals surface area contributed by atoms with Gasteiger partial charge in [0.2, 0.25) is 0 Å². The largest absolute Gasteiger partial charge is 0.391 e. The fourth-order valence-corrected chi connectivity index (χ4v) is 5.52. The molecular weight excluding hydrogens is 531 g/mol. The minimum absolute atomic E-state index is 0.0362. The SMILES string of the molecule is Cc1ccc(C(=O)NC2CC2)cc1-n1ccnc(N[C@@H](c2ccccc2)[C@@H](C)CN2CCC(C(F)(F)F)CC2)c1=O. The second-order valence-corrected chi connectivity index (χ2v) is 11.3. The average Bonchev–Trinajstić information content (AvgIpc) is 3.77. The molecule has 2 aliphatic rings. The van der Waals surface area contributed by atoms with Gasteiger partial charge >= 0.3 is 6.18 Å². The van der Waals surface area contributed by atoms with Gasteiger partial charge in [0.05, 0.1) is 17.6 Å². The number of nitrogens with zero attached hydrogens (tertiary/aromatic N) is 3. The Kier molecular flexibility index (Phi) is 8.49. The van der Waals surface area contributed by atoms with E-state index in [1.807, 2.05) is 50.2 Å². The van der Waals surface area contributed by atoms with Crippen LogP contribution in [0.1, 0.15) is 60.1 Å². The zero-order chi connectivity index (χ0) is 29.1. The number of carbonyl (C=O) groups is 1. The summed E-state index contributed by atoms with van der Waals surface area (Å²) in [4.78, 5) is 32.8. The molecule has 3 aromatic rings. The molecule has 0 radical (unpaired) electrons. The second kappa shape index (κ2) is 12.1. The molecule has 41 heavy (non-hydrogen) atoms. The first-order valence-electron chi connectivity index (χ1n) is 14.2. The third kappa shape index (κ3) is 6.98. The number of nitrogens with one attached hydrogen (secondary N) is 2. The van der Waals surface area contributed by atoms with Crippen molar-refractivity contribution in [1.82, 2.24) is 19.8 Å². The molecule has 218 valence electrons. The summed E-state index contributed by atoms with van der Waals surface area (Å²) in [6, 6.07) is 14.9. The summed E-state index contributed by atoms with van der Waals surface area (Å²) >= 11 is 0. The van der Waals surface area contributed by atoms with E-state index in [4.69, 9.17) is 0 Å². The summed E-state index contributed by atoms with van der Waals surface area (Å²) in [5.74, 6) is -1.28. The summed E-state index contributed by atoms with van der Waals surface area (Å²) < 4.78 is 41.0. The number of anilines is 1. The van der Waals surface area contributed by atoms with Crippen molar-refractivity contribution in [2.45, 2.75) is 57.8 Å². The van der Waals surface area contributed by atoms with Crippen LogP contribution in [0.5, 0.6) is 0 Å². The summed E-state index contributed by atoms with van der Waals surface area (Å²) in [5, 5.41) is 6.34. The lowest BCUT2D eigenvalue weighted by molar-refractivity contribution is -0.185. The Morgan fingerprint density at radius 3 is 2.44 bits per heavy atom. The number of piperidine rings is 1. The fraction of sp³-hybridized carbons (Fsp3) is 0.452. The zero-order valence-corrected chi connectivity index (χ0v) is 23.3. The molecule has 0 unspecified atom stereocenters. The molecule has 1 aliphatic heterocycles. The van der Waals surface area contributed by atoms with E-state index in [0.29, 0.717) is 30.9 Å². The van der Waals surface area contributed by atoms with Crippen LogP contribution in [0.15, 0.2) is 65.7 Å². The fourth-order valence-electron chi connectivity index (χ4n) is 5.52. The monoisotopic (exact) mass is 567 g/mol. The molecule has 0 spiro atoms. The Hall–Kier alpha value is -3.66. The highest BCUT2D eigenvalue weighted by atomic mass is 19.4. The van der Waals surface area contributed by atoms with Crippen molar-refractivity contribution in [1.29, 1.82) is 0 Å². The Balaban J connectivity index is 1.38. The second-order valence-electron chi connectivity index (χ2n) is 11.3. The third-order valence-corrected chi connectivity index (χ3v) is 8.10. The number of likely N-dealkylation sites (tertiary alicyclic amines) is 1.